The molecule has 0 saturated heterocycles. The van der Waals surface area contributed by atoms with E-state index in [1.807, 2.05) is 0 Å². The van der Waals surface area contributed by atoms with Crippen molar-refractivity contribution in [3.8, 4) is 0 Å². The maximum atomic E-state index is 11.9. The molecule has 0 heterocycles. The molecule has 0 radical (unpaired) electrons. The highest BCUT2D eigenvalue weighted by Crippen LogP contribution is 2.15. The van der Waals surface area contributed by atoms with Gasteiger partial charge in [0.25, 0.3) is 0 Å². The summed E-state index contributed by atoms with van der Waals surface area (Å²) in [7, 11) is -3.36. The van der Waals surface area contributed by atoms with E-state index < -0.39 is 20.3 Å². The predicted octanol–water partition coefficient (Wildman–Crippen LogP) is 4.87. The number of rotatable bonds is 14. The van der Waals surface area contributed by atoms with Crippen molar-refractivity contribution >= 4 is 26.7 Å². The van der Waals surface area contributed by atoms with Crippen LogP contribution in [0.5, 0.6) is 0 Å². The minimum atomic E-state index is -3.36. The highest BCUT2D eigenvalue weighted by molar-refractivity contribution is 7.92. The molecule has 0 rings (SSSR count). The van der Waals surface area contributed by atoms with Crippen LogP contribution in [-0.2, 0) is 14.6 Å². The molecule has 3 nitrogen and oxygen atoms in total. The number of halogens is 1. The van der Waals surface area contributed by atoms with E-state index in [9.17, 15) is 13.2 Å². The van der Waals surface area contributed by atoms with Crippen molar-refractivity contribution in [3.63, 3.8) is 0 Å². The van der Waals surface area contributed by atoms with Crippen LogP contribution in [0.25, 0.3) is 0 Å². The predicted molar refractivity (Wildman–Crippen MR) is 90.6 cm³/mol. The Balaban J connectivity index is 3.64. The molecule has 126 valence electrons. The first kappa shape index (κ1) is 20.9. The Bertz CT molecular complexity index is 366. The summed E-state index contributed by atoms with van der Waals surface area (Å²) in [5.74, 6) is 0.0838. The fourth-order valence-corrected chi connectivity index (χ4v) is 4.73. The summed E-state index contributed by atoms with van der Waals surface area (Å²) >= 11 is 5.34. The van der Waals surface area contributed by atoms with Gasteiger partial charge in [-0.05, 0) is 24.4 Å². The highest BCUT2D eigenvalue weighted by Gasteiger charge is 2.28. The standard InChI is InChI=1S/C16H31ClO3S/c1-3-5-6-7-8-9-10-11-12-13-14-21(19,20)15(4-2)16(17)18/h15H,3-14H2,1-2H3. The Morgan fingerprint density at radius 2 is 1.29 bits per heavy atom. The molecule has 0 aromatic carbocycles. The summed E-state index contributed by atoms with van der Waals surface area (Å²) in [5, 5.41) is -1.76. The molecule has 0 fully saturated rings. The number of hydrogen-bond acceptors (Lipinski definition) is 3. The second-order valence-electron chi connectivity index (χ2n) is 5.75. The third-order valence-corrected chi connectivity index (χ3v) is 6.50. The summed E-state index contributed by atoms with van der Waals surface area (Å²) in [6, 6.07) is 0. The fourth-order valence-electron chi connectivity index (χ4n) is 2.49. The summed E-state index contributed by atoms with van der Waals surface area (Å²) in [6.07, 6.45) is 11.9. The summed E-state index contributed by atoms with van der Waals surface area (Å²) in [6.45, 7) is 3.90. The number of carbonyl (C=O) groups is 1. The van der Waals surface area contributed by atoms with Gasteiger partial charge in [-0.1, -0.05) is 71.6 Å². The van der Waals surface area contributed by atoms with Gasteiger partial charge in [-0.25, -0.2) is 8.42 Å². The van der Waals surface area contributed by atoms with Crippen LogP contribution in [0.3, 0.4) is 0 Å². The van der Waals surface area contributed by atoms with Crippen LogP contribution in [-0.4, -0.2) is 24.7 Å². The maximum absolute atomic E-state index is 11.9. The van der Waals surface area contributed by atoms with E-state index in [1.54, 1.807) is 6.92 Å². The Labute approximate surface area is 135 Å². The molecular formula is C16H31ClO3S. The van der Waals surface area contributed by atoms with E-state index in [0.717, 1.165) is 12.8 Å². The molecule has 0 amide bonds. The van der Waals surface area contributed by atoms with Gasteiger partial charge in [0.05, 0.1) is 5.75 Å². The number of unbranched alkanes of at least 4 members (excludes halogenated alkanes) is 9. The van der Waals surface area contributed by atoms with Crippen molar-refractivity contribution in [2.24, 2.45) is 0 Å². The minimum absolute atomic E-state index is 0.0838. The van der Waals surface area contributed by atoms with Gasteiger partial charge < -0.3 is 0 Å². The zero-order valence-corrected chi connectivity index (χ0v) is 15.1. The first-order valence-corrected chi connectivity index (χ1v) is 10.5. The van der Waals surface area contributed by atoms with Crippen molar-refractivity contribution in [1.82, 2.24) is 0 Å². The molecule has 0 aromatic rings. The summed E-state index contributed by atoms with van der Waals surface area (Å²) in [5.41, 5.74) is 0. The van der Waals surface area contributed by atoms with E-state index in [0.29, 0.717) is 6.42 Å². The molecule has 0 bridgehead atoms. The third-order valence-electron chi connectivity index (χ3n) is 3.84. The van der Waals surface area contributed by atoms with Crippen molar-refractivity contribution in [1.29, 1.82) is 0 Å². The topological polar surface area (TPSA) is 51.2 Å². The number of carbonyl (C=O) groups excluding carboxylic acids is 1. The first-order chi connectivity index (χ1) is 9.95. The summed E-state index contributed by atoms with van der Waals surface area (Å²) in [4.78, 5) is 11.1. The maximum Gasteiger partial charge on any atom is 0.239 e. The largest absolute Gasteiger partial charge is 0.280 e. The van der Waals surface area contributed by atoms with Crippen LogP contribution in [0, 0.1) is 0 Å². The lowest BCUT2D eigenvalue weighted by atomic mass is 10.1. The van der Waals surface area contributed by atoms with Crippen LogP contribution in [0.15, 0.2) is 0 Å². The fraction of sp³-hybridized carbons (Fsp3) is 0.938. The lowest BCUT2D eigenvalue weighted by molar-refractivity contribution is -0.111. The molecular weight excluding hydrogens is 308 g/mol. The summed E-state index contributed by atoms with van der Waals surface area (Å²) < 4.78 is 23.9. The smallest absolute Gasteiger partial charge is 0.239 e. The molecule has 0 N–H and O–H groups in total. The first-order valence-electron chi connectivity index (χ1n) is 8.36. The molecule has 5 heteroatoms. The molecule has 21 heavy (non-hydrogen) atoms. The van der Waals surface area contributed by atoms with Crippen LogP contribution in [0.2, 0.25) is 0 Å². The normalized spacial score (nSPS) is 13.3. The highest BCUT2D eigenvalue weighted by atomic mass is 35.5. The SMILES string of the molecule is CCCCCCCCCCCCS(=O)(=O)C(CC)C(=O)Cl. The van der Waals surface area contributed by atoms with Crippen molar-refractivity contribution < 1.29 is 13.2 Å². The van der Waals surface area contributed by atoms with Crippen molar-refractivity contribution in [2.75, 3.05) is 5.75 Å². The average molecular weight is 339 g/mol. The second-order valence-corrected chi connectivity index (χ2v) is 8.43. The van der Waals surface area contributed by atoms with Crippen LogP contribution >= 0.6 is 11.6 Å². The van der Waals surface area contributed by atoms with Gasteiger partial charge in [-0.15, -0.1) is 0 Å². The molecule has 0 aromatic heterocycles. The Morgan fingerprint density at radius 3 is 1.67 bits per heavy atom. The van der Waals surface area contributed by atoms with Gasteiger partial charge >= 0.3 is 0 Å². The number of sulfone groups is 1. The Kier molecular flexibility index (Phi) is 12.4. The molecule has 1 atom stereocenters. The van der Waals surface area contributed by atoms with E-state index in [2.05, 4.69) is 6.92 Å². The van der Waals surface area contributed by atoms with Crippen LogP contribution in [0.1, 0.15) is 84.5 Å². The molecule has 1 unspecified atom stereocenters. The Morgan fingerprint density at radius 1 is 0.857 bits per heavy atom. The van der Waals surface area contributed by atoms with Crippen molar-refractivity contribution in [2.45, 2.75) is 89.7 Å². The molecule has 0 aliphatic carbocycles. The molecule has 0 aliphatic rings. The van der Waals surface area contributed by atoms with Gasteiger partial charge in [0.2, 0.25) is 5.24 Å². The van der Waals surface area contributed by atoms with Gasteiger partial charge in [0.1, 0.15) is 5.25 Å². The van der Waals surface area contributed by atoms with E-state index in [1.165, 1.54) is 44.9 Å². The van der Waals surface area contributed by atoms with Gasteiger partial charge in [-0.2, -0.15) is 0 Å². The quantitative estimate of drug-likeness (QED) is 0.335. The van der Waals surface area contributed by atoms with E-state index >= 15 is 0 Å². The lowest BCUT2D eigenvalue weighted by Crippen LogP contribution is -2.28. The van der Waals surface area contributed by atoms with E-state index in [-0.39, 0.29) is 12.2 Å². The lowest BCUT2D eigenvalue weighted by Gasteiger charge is -2.11. The second kappa shape index (κ2) is 12.5. The molecule has 0 spiro atoms. The zero-order chi connectivity index (χ0) is 16.1. The van der Waals surface area contributed by atoms with E-state index in [4.69, 9.17) is 11.6 Å². The van der Waals surface area contributed by atoms with Gasteiger partial charge in [0, 0.05) is 0 Å². The monoisotopic (exact) mass is 338 g/mol. The minimum Gasteiger partial charge on any atom is -0.280 e. The zero-order valence-electron chi connectivity index (χ0n) is 13.6. The number of hydrogen-bond donors (Lipinski definition) is 0. The van der Waals surface area contributed by atoms with Crippen LogP contribution < -0.4 is 0 Å². The average Bonchev–Trinajstić information content (AvgIpc) is 2.40. The van der Waals surface area contributed by atoms with Gasteiger partial charge in [-0.3, -0.25) is 4.79 Å². The van der Waals surface area contributed by atoms with Crippen LogP contribution in [0.4, 0.5) is 0 Å². The Hall–Kier alpha value is -0.0900. The van der Waals surface area contributed by atoms with Crippen molar-refractivity contribution in [3.05, 3.63) is 0 Å². The van der Waals surface area contributed by atoms with Gasteiger partial charge in [0.15, 0.2) is 9.84 Å². The third kappa shape index (κ3) is 10.3. The molecule has 0 aliphatic heterocycles. The molecule has 0 saturated carbocycles.